The van der Waals surface area contributed by atoms with Gasteiger partial charge in [0.2, 0.25) is 0 Å². The summed E-state index contributed by atoms with van der Waals surface area (Å²) in [7, 11) is 14.0. The summed E-state index contributed by atoms with van der Waals surface area (Å²) in [5.74, 6) is 2.18. The van der Waals surface area contributed by atoms with E-state index in [1.807, 2.05) is 31.9 Å². The monoisotopic (exact) mass is 520 g/mol. The van der Waals surface area contributed by atoms with Crippen LogP contribution in [0, 0.1) is 0 Å². The molecule has 8 heteroatoms. The second-order valence-corrected chi connectivity index (χ2v) is 13.8. The number of hydrogen-bond donors (Lipinski definition) is 2. The van der Waals surface area contributed by atoms with Gasteiger partial charge in [-0.15, -0.1) is 0 Å². The van der Waals surface area contributed by atoms with Crippen molar-refractivity contribution in [3.05, 3.63) is 0 Å². The van der Waals surface area contributed by atoms with E-state index in [1.165, 1.54) is 64.2 Å². The minimum absolute atomic E-state index is 0.107. The highest BCUT2D eigenvalue weighted by Gasteiger charge is 2.19. The van der Waals surface area contributed by atoms with Crippen molar-refractivity contribution in [1.82, 2.24) is 10.6 Å². The SMILES string of the molecule is CCCCCCCCCCCC[N+](C)(C)CC(=O)NCCCSSCCNC(=O)C[N+](C)(C)C. The molecular formula is C26H56N4O2S2+2. The molecule has 6 nitrogen and oxygen atoms in total. The van der Waals surface area contributed by atoms with Crippen LogP contribution in [0.1, 0.15) is 77.6 Å². The second-order valence-electron chi connectivity index (χ2n) is 11.1. The van der Waals surface area contributed by atoms with Crippen LogP contribution in [0.25, 0.3) is 0 Å². The molecule has 0 saturated heterocycles. The van der Waals surface area contributed by atoms with Crippen LogP contribution in [0.4, 0.5) is 0 Å². The highest BCUT2D eigenvalue weighted by atomic mass is 33.1. The van der Waals surface area contributed by atoms with Gasteiger partial charge in [-0.25, -0.2) is 0 Å². The van der Waals surface area contributed by atoms with E-state index in [2.05, 4.69) is 31.7 Å². The molecule has 0 aliphatic rings. The van der Waals surface area contributed by atoms with Crippen LogP contribution in [0.2, 0.25) is 0 Å². The number of unbranched alkanes of at least 4 members (excludes halogenated alkanes) is 9. The maximum absolute atomic E-state index is 12.3. The molecule has 0 aliphatic carbocycles. The van der Waals surface area contributed by atoms with Gasteiger partial charge in [0.05, 0.1) is 41.8 Å². The molecule has 0 radical (unpaired) electrons. The van der Waals surface area contributed by atoms with Gasteiger partial charge in [0.1, 0.15) is 0 Å². The Morgan fingerprint density at radius 2 is 1.12 bits per heavy atom. The highest BCUT2D eigenvalue weighted by Crippen LogP contribution is 2.20. The number of likely N-dealkylation sites (N-methyl/N-ethyl adjacent to an activating group) is 2. The third-order valence-electron chi connectivity index (χ3n) is 5.62. The topological polar surface area (TPSA) is 58.2 Å². The number of nitrogens with zero attached hydrogens (tertiary/aromatic N) is 2. The lowest BCUT2D eigenvalue weighted by molar-refractivity contribution is -0.882. The fourth-order valence-corrected chi connectivity index (χ4v) is 5.74. The Morgan fingerprint density at radius 3 is 1.71 bits per heavy atom. The average molecular weight is 521 g/mol. The largest absolute Gasteiger partial charge is 0.351 e. The quantitative estimate of drug-likeness (QED) is 0.117. The molecule has 202 valence electrons. The third-order valence-corrected chi connectivity index (χ3v) is 8.12. The van der Waals surface area contributed by atoms with Gasteiger partial charge in [-0.05, 0) is 19.3 Å². The van der Waals surface area contributed by atoms with Crippen LogP contribution in [0.15, 0.2) is 0 Å². The molecular weight excluding hydrogens is 464 g/mol. The molecule has 34 heavy (non-hydrogen) atoms. The van der Waals surface area contributed by atoms with Gasteiger partial charge in [0.15, 0.2) is 13.1 Å². The predicted molar refractivity (Wildman–Crippen MR) is 152 cm³/mol. The zero-order chi connectivity index (χ0) is 25.7. The maximum atomic E-state index is 12.3. The zero-order valence-electron chi connectivity index (χ0n) is 23.3. The van der Waals surface area contributed by atoms with Gasteiger partial charge in [0.25, 0.3) is 11.8 Å². The normalized spacial score (nSPS) is 12.1. The van der Waals surface area contributed by atoms with Gasteiger partial charge in [-0.1, -0.05) is 79.9 Å². The summed E-state index contributed by atoms with van der Waals surface area (Å²) in [6.45, 7) is 5.86. The highest BCUT2D eigenvalue weighted by molar-refractivity contribution is 8.76. The van der Waals surface area contributed by atoms with Gasteiger partial charge in [0, 0.05) is 24.6 Å². The van der Waals surface area contributed by atoms with Crippen LogP contribution in [-0.4, -0.2) is 100 Å². The Hall–Kier alpha value is -0.440. The van der Waals surface area contributed by atoms with Crippen molar-refractivity contribution < 1.29 is 18.6 Å². The van der Waals surface area contributed by atoms with Crippen LogP contribution >= 0.6 is 21.6 Å². The van der Waals surface area contributed by atoms with Gasteiger partial charge < -0.3 is 19.6 Å². The smallest absolute Gasteiger partial charge is 0.275 e. The van der Waals surface area contributed by atoms with E-state index < -0.39 is 0 Å². The molecule has 0 atom stereocenters. The fourth-order valence-electron chi connectivity index (χ4n) is 3.75. The van der Waals surface area contributed by atoms with Crippen LogP contribution in [0.3, 0.4) is 0 Å². The number of quaternary nitrogens is 2. The Kier molecular flexibility index (Phi) is 20.5. The zero-order valence-corrected chi connectivity index (χ0v) is 24.9. The van der Waals surface area contributed by atoms with Crippen molar-refractivity contribution in [3.63, 3.8) is 0 Å². The molecule has 0 heterocycles. The number of carbonyl (C=O) groups is 2. The van der Waals surface area contributed by atoms with Crippen molar-refractivity contribution in [2.45, 2.75) is 77.6 Å². The summed E-state index contributed by atoms with van der Waals surface area (Å²) in [6.07, 6.45) is 14.5. The average Bonchev–Trinajstić information content (AvgIpc) is 2.72. The van der Waals surface area contributed by atoms with E-state index in [0.717, 1.165) is 35.5 Å². The summed E-state index contributed by atoms with van der Waals surface area (Å²) >= 11 is 0. The maximum Gasteiger partial charge on any atom is 0.275 e. The molecule has 0 aromatic carbocycles. The minimum atomic E-state index is 0.107. The van der Waals surface area contributed by atoms with Crippen molar-refractivity contribution in [2.75, 3.05) is 79.5 Å². The van der Waals surface area contributed by atoms with Gasteiger partial charge in [-0.2, -0.15) is 0 Å². The summed E-state index contributed by atoms with van der Waals surface area (Å²) in [5, 5.41) is 6.05. The van der Waals surface area contributed by atoms with Crippen molar-refractivity contribution in [2.24, 2.45) is 0 Å². The minimum Gasteiger partial charge on any atom is -0.351 e. The summed E-state index contributed by atoms with van der Waals surface area (Å²) in [6, 6.07) is 0. The first-order valence-corrected chi connectivity index (χ1v) is 15.9. The molecule has 0 fully saturated rings. The molecule has 0 unspecified atom stereocenters. The standard InChI is InChI=1S/C26H54N4O2S2/c1-7-8-9-10-11-12-13-14-15-16-20-30(5,6)24-26(32)27-18-17-21-33-34-22-19-28-25(31)23-29(2,3)4/h7-24H2,1-6H3/p+2. The number of hydrogen-bond acceptors (Lipinski definition) is 4. The summed E-state index contributed by atoms with van der Waals surface area (Å²) < 4.78 is 1.42. The molecule has 2 amide bonds. The number of carbonyl (C=O) groups excluding carboxylic acids is 2. The van der Waals surface area contributed by atoms with Crippen molar-refractivity contribution >= 4 is 33.4 Å². The lowest BCUT2D eigenvalue weighted by atomic mass is 10.1. The third kappa shape index (κ3) is 24.7. The number of amides is 2. The lowest BCUT2D eigenvalue weighted by Crippen LogP contribution is -2.48. The Morgan fingerprint density at radius 1 is 0.618 bits per heavy atom. The predicted octanol–water partition coefficient (Wildman–Crippen LogP) is 4.69. The van der Waals surface area contributed by atoms with E-state index in [-0.39, 0.29) is 11.8 Å². The molecule has 0 rings (SSSR count). The summed E-state index contributed by atoms with van der Waals surface area (Å²) in [4.78, 5) is 24.1. The van der Waals surface area contributed by atoms with Gasteiger partial charge in [-0.3, -0.25) is 9.59 Å². The molecule has 0 aromatic heterocycles. The molecule has 0 saturated carbocycles. The Balaban J connectivity index is 3.57. The first kappa shape index (κ1) is 33.6. The fraction of sp³-hybridized carbons (Fsp3) is 0.923. The lowest BCUT2D eigenvalue weighted by Gasteiger charge is -2.29. The van der Waals surface area contributed by atoms with E-state index in [0.29, 0.717) is 24.1 Å². The molecule has 0 aliphatic heterocycles. The van der Waals surface area contributed by atoms with E-state index in [1.54, 1.807) is 10.8 Å². The first-order valence-electron chi connectivity index (χ1n) is 13.5. The van der Waals surface area contributed by atoms with Crippen molar-refractivity contribution in [3.8, 4) is 0 Å². The molecule has 2 N–H and O–H groups in total. The van der Waals surface area contributed by atoms with E-state index in [4.69, 9.17) is 0 Å². The Bertz CT molecular complexity index is 525. The molecule has 0 aromatic rings. The molecule has 0 bridgehead atoms. The van der Waals surface area contributed by atoms with E-state index >= 15 is 0 Å². The Labute approximate surface area is 219 Å². The second kappa shape index (κ2) is 20.7. The number of nitrogens with one attached hydrogen (secondary N) is 2. The summed E-state index contributed by atoms with van der Waals surface area (Å²) in [5.41, 5.74) is 0. The first-order chi connectivity index (χ1) is 16.1. The van der Waals surface area contributed by atoms with E-state index in [9.17, 15) is 9.59 Å². The number of rotatable bonds is 23. The van der Waals surface area contributed by atoms with Crippen LogP contribution in [0.5, 0.6) is 0 Å². The van der Waals surface area contributed by atoms with Gasteiger partial charge >= 0.3 is 0 Å². The van der Waals surface area contributed by atoms with Crippen molar-refractivity contribution in [1.29, 1.82) is 0 Å². The van der Waals surface area contributed by atoms with Crippen LogP contribution in [-0.2, 0) is 9.59 Å². The molecule has 0 spiro atoms. The van der Waals surface area contributed by atoms with Crippen LogP contribution < -0.4 is 10.6 Å².